The van der Waals surface area contributed by atoms with Gasteiger partial charge in [-0.15, -0.1) is 0 Å². The summed E-state index contributed by atoms with van der Waals surface area (Å²) >= 11 is 0. The first-order valence-electron chi connectivity index (χ1n) is 12.4. The number of hydrogen-bond acceptors (Lipinski definition) is 5. The van der Waals surface area contributed by atoms with Crippen LogP contribution in [0.3, 0.4) is 0 Å². The fourth-order valence-electron chi connectivity index (χ4n) is 5.34. The molecule has 2 saturated heterocycles. The van der Waals surface area contributed by atoms with E-state index in [1.807, 2.05) is 13.0 Å². The molecule has 37 heavy (non-hydrogen) atoms. The van der Waals surface area contributed by atoms with Crippen LogP contribution in [0.5, 0.6) is 5.75 Å². The Bertz CT molecular complexity index is 1240. The molecule has 0 aromatic heterocycles. The molecule has 2 fully saturated rings. The second kappa shape index (κ2) is 10.4. The van der Waals surface area contributed by atoms with Gasteiger partial charge >= 0.3 is 0 Å². The molecule has 1 atom stereocenters. The zero-order valence-corrected chi connectivity index (χ0v) is 20.9. The second-order valence-corrected chi connectivity index (χ2v) is 9.54. The third-order valence-electron chi connectivity index (χ3n) is 7.22. The van der Waals surface area contributed by atoms with E-state index in [0.29, 0.717) is 37.6 Å². The molecule has 2 heterocycles. The maximum Gasteiger partial charge on any atom is 0.251 e. The first-order chi connectivity index (χ1) is 17.9. The summed E-state index contributed by atoms with van der Waals surface area (Å²) in [5.74, 6) is -0.622. The number of ether oxygens (including phenoxy) is 1. The van der Waals surface area contributed by atoms with Gasteiger partial charge in [-0.1, -0.05) is 30.3 Å². The first kappa shape index (κ1) is 25.0. The zero-order chi connectivity index (χ0) is 26.1. The molecule has 2 amide bonds. The van der Waals surface area contributed by atoms with Gasteiger partial charge < -0.3 is 4.74 Å². The van der Waals surface area contributed by atoms with E-state index in [4.69, 9.17) is 4.74 Å². The lowest BCUT2D eigenvalue weighted by atomic mass is 9.96. The van der Waals surface area contributed by atoms with E-state index in [1.54, 1.807) is 36.4 Å². The van der Waals surface area contributed by atoms with Crippen LogP contribution in [0, 0.1) is 18.6 Å². The molecule has 6 nitrogen and oxygen atoms in total. The van der Waals surface area contributed by atoms with Crippen LogP contribution in [-0.2, 0) is 9.59 Å². The van der Waals surface area contributed by atoms with Crippen molar-refractivity contribution >= 4 is 17.5 Å². The third kappa shape index (κ3) is 4.99. The highest BCUT2D eigenvalue weighted by molar-refractivity contribution is 6.23. The smallest absolute Gasteiger partial charge is 0.251 e. The molecule has 0 aliphatic carbocycles. The van der Waals surface area contributed by atoms with Gasteiger partial charge in [0.2, 0.25) is 5.91 Å². The Kier molecular flexibility index (Phi) is 7.04. The van der Waals surface area contributed by atoms with Crippen LogP contribution in [0.4, 0.5) is 14.5 Å². The van der Waals surface area contributed by atoms with E-state index in [1.165, 1.54) is 36.3 Å². The summed E-state index contributed by atoms with van der Waals surface area (Å²) in [7, 11) is 1.52. The number of halogens is 2. The average molecular weight is 506 g/mol. The highest BCUT2D eigenvalue weighted by Gasteiger charge is 2.44. The molecular weight excluding hydrogens is 476 g/mol. The van der Waals surface area contributed by atoms with Crippen molar-refractivity contribution in [1.82, 2.24) is 9.80 Å². The number of carbonyl (C=O) groups excluding carboxylic acids is 2. The molecule has 0 spiro atoms. The molecule has 2 aliphatic rings. The normalized spacial score (nSPS) is 19.2. The van der Waals surface area contributed by atoms with Crippen molar-refractivity contribution in [2.45, 2.75) is 25.4 Å². The Balaban J connectivity index is 1.34. The minimum Gasteiger partial charge on any atom is -0.495 e. The molecule has 3 aromatic rings. The van der Waals surface area contributed by atoms with Crippen molar-refractivity contribution in [1.29, 1.82) is 0 Å². The topological polar surface area (TPSA) is 53.1 Å². The number of nitrogens with zero attached hydrogens (tertiary/aromatic N) is 3. The summed E-state index contributed by atoms with van der Waals surface area (Å²) in [6.07, 6.45) is 0.120. The van der Waals surface area contributed by atoms with Crippen LogP contribution in [-0.4, -0.2) is 60.9 Å². The monoisotopic (exact) mass is 505 g/mol. The zero-order valence-electron chi connectivity index (χ0n) is 20.9. The van der Waals surface area contributed by atoms with Gasteiger partial charge in [-0.2, -0.15) is 0 Å². The highest BCUT2D eigenvalue weighted by atomic mass is 19.1. The summed E-state index contributed by atoms with van der Waals surface area (Å²) in [6.45, 7) is 4.34. The number of hydrogen-bond donors (Lipinski definition) is 0. The lowest BCUT2D eigenvalue weighted by molar-refractivity contribution is -0.123. The van der Waals surface area contributed by atoms with Crippen LogP contribution in [0.25, 0.3) is 0 Å². The Morgan fingerprint density at radius 1 is 0.838 bits per heavy atom. The van der Waals surface area contributed by atoms with Crippen molar-refractivity contribution in [3.8, 4) is 5.75 Å². The first-order valence-corrected chi connectivity index (χ1v) is 12.4. The van der Waals surface area contributed by atoms with E-state index in [2.05, 4.69) is 9.80 Å². The van der Waals surface area contributed by atoms with Gasteiger partial charge in [0.25, 0.3) is 5.91 Å². The van der Waals surface area contributed by atoms with Crippen LogP contribution >= 0.6 is 0 Å². The SMILES string of the molecule is COc1ccc(C)cc1N1C(=O)C[C@H](N2CCN(C(c3ccc(F)cc3)c3ccc(F)cc3)CC2)C1=O. The Morgan fingerprint density at radius 2 is 1.41 bits per heavy atom. The van der Waals surface area contributed by atoms with E-state index >= 15 is 0 Å². The molecule has 0 saturated carbocycles. The molecule has 0 unspecified atom stereocenters. The molecule has 5 rings (SSSR count). The van der Waals surface area contributed by atoms with Crippen LogP contribution < -0.4 is 9.64 Å². The minimum atomic E-state index is -0.532. The Labute approximate surface area is 215 Å². The van der Waals surface area contributed by atoms with Gasteiger partial charge in [-0.05, 0) is 60.0 Å². The van der Waals surface area contributed by atoms with Crippen molar-refractivity contribution in [2.24, 2.45) is 0 Å². The van der Waals surface area contributed by atoms with Crippen molar-refractivity contribution in [2.75, 3.05) is 38.2 Å². The summed E-state index contributed by atoms with van der Waals surface area (Å²) in [6, 6.07) is 17.5. The number of piperazine rings is 1. The molecule has 0 N–H and O–H groups in total. The molecule has 0 bridgehead atoms. The number of carbonyl (C=O) groups is 2. The highest BCUT2D eigenvalue weighted by Crippen LogP contribution is 2.35. The van der Waals surface area contributed by atoms with Crippen LogP contribution in [0.2, 0.25) is 0 Å². The predicted molar refractivity (Wildman–Crippen MR) is 136 cm³/mol. The van der Waals surface area contributed by atoms with Gasteiger partial charge in [-0.3, -0.25) is 19.4 Å². The van der Waals surface area contributed by atoms with Gasteiger partial charge in [0.15, 0.2) is 0 Å². The van der Waals surface area contributed by atoms with E-state index in [9.17, 15) is 18.4 Å². The maximum atomic E-state index is 13.6. The molecular formula is C29H29F2N3O3. The molecule has 2 aliphatic heterocycles. The van der Waals surface area contributed by atoms with E-state index in [-0.39, 0.29) is 35.9 Å². The van der Waals surface area contributed by atoms with Gasteiger partial charge in [-0.25, -0.2) is 13.7 Å². The Hall–Kier alpha value is -3.62. The Morgan fingerprint density at radius 3 is 1.95 bits per heavy atom. The van der Waals surface area contributed by atoms with Gasteiger partial charge in [0.1, 0.15) is 17.4 Å². The number of aryl methyl sites for hydroxylation is 1. The van der Waals surface area contributed by atoms with Crippen molar-refractivity contribution in [3.63, 3.8) is 0 Å². The standard InChI is InChI=1S/C29H29F2N3O3/c1-19-3-12-26(37-2)24(17-19)34-27(35)18-25(29(34)36)32-13-15-33(16-14-32)28(20-4-8-22(30)9-5-20)21-6-10-23(31)11-7-21/h3-12,17,25,28H,13-16,18H2,1-2H3/t25-/m0/s1. The predicted octanol–water partition coefficient (Wildman–Crippen LogP) is 4.32. The summed E-state index contributed by atoms with van der Waals surface area (Å²) in [5.41, 5.74) is 3.23. The van der Waals surface area contributed by atoms with Crippen molar-refractivity contribution < 1.29 is 23.1 Å². The fraction of sp³-hybridized carbons (Fsp3) is 0.310. The van der Waals surface area contributed by atoms with Gasteiger partial charge in [0.05, 0.1) is 31.3 Å². The lowest BCUT2D eigenvalue weighted by Gasteiger charge is -2.41. The van der Waals surface area contributed by atoms with E-state index < -0.39 is 6.04 Å². The maximum absolute atomic E-state index is 13.6. The number of anilines is 1. The molecule has 0 radical (unpaired) electrons. The summed E-state index contributed by atoms with van der Waals surface area (Å²) in [5, 5.41) is 0. The summed E-state index contributed by atoms with van der Waals surface area (Å²) < 4.78 is 32.7. The largest absolute Gasteiger partial charge is 0.495 e. The second-order valence-electron chi connectivity index (χ2n) is 9.54. The number of amides is 2. The molecule has 3 aromatic carbocycles. The van der Waals surface area contributed by atoms with E-state index in [0.717, 1.165) is 16.7 Å². The minimum absolute atomic E-state index is 0.120. The van der Waals surface area contributed by atoms with Crippen LogP contribution in [0.1, 0.15) is 29.2 Å². The lowest BCUT2D eigenvalue weighted by Crippen LogP contribution is -2.53. The average Bonchev–Trinajstić information content (AvgIpc) is 3.20. The quantitative estimate of drug-likeness (QED) is 0.467. The van der Waals surface area contributed by atoms with Crippen LogP contribution in [0.15, 0.2) is 66.7 Å². The molecule has 8 heteroatoms. The fourth-order valence-corrected chi connectivity index (χ4v) is 5.34. The van der Waals surface area contributed by atoms with Crippen molar-refractivity contribution in [3.05, 3.63) is 95.1 Å². The number of imide groups is 1. The van der Waals surface area contributed by atoms with Gasteiger partial charge in [0, 0.05) is 26.2 Å². The molecule has 192 valence electrons. The summed E-state index contributed by atoms with van der Waals surface area (Å²) in [4.78, 5) is 32.0. The third-order valence-corrected chi connectivity index (χ3v) is 7.22. The number of methoxy groups -OCH3 is 1. The number of rotatable bonds is 6. The number of benzene rings is 3.